The molecule has 0 aromatic carbocycles. The first-order chi connectivity index (χ1) is 3.83. The number of halogens is 1. The molecule has 1 N–H and O–H groups in total. The molecule has 0 saturated carbocycles. The Morgan fingerprint density at radius 1 is 1.75 bits per heavy atom. The molecular weight excluding hydrogens is 109 g/mol. The quantitative estimate of drug-likeness (QED) is 0.550. The third-order valence-electron chi connectivity index (χ3n) is 1.57. The average Bonchev–Trinajstić information content (AvgIpc) is 1.67. The summed E-state index contributed by atoms with van der Waals surface area (Å²) >= 11 is 0. The van der Waals surface area contributed by atoms with Crippen LogP contribution >= 0.6 is 0 Å². The number of rotatable bonds is 2. The zero-order valence-electron chi connectivity index (χ0n) is 4.91. The van der Waals surface area contributed by atoms with Crippen molar-refractivity contribution in [2.75, 3.05) is 26.9 Å². The van der Waals surface area contributed by atoms with Gasteiger partial charge >= 0.3 is 0 Å². The normalized spacial score (nSPS) is 24.8. The Labute approximate surface area is 48.0 Å². The summed E-state index contributed by atoms with van der Waals surface area (Å²) in [5.74, 6) is 0. The second kappa shape index (κ2) is 1.99. The van der Waals surface area contributed by atoms with E-state index in [-0.39, 0.29) is 6.67 Å². The maximum absolute atomic E-state index is 11.9. The molecule has 0 spiro atoms. The summed E-state index contributed by atoms with van der Waals surface area (Å²) in [4.78, 5) is 0. The van der Waals surface area contributed by atoms with Gasteiger partial charge in [-0.2, -0.15) is 0 Å². The summed E-state index contributed by atoms with van der Waals surface area (Å²) in [6, 6.07) is 0. The third kappa shape index (κ3) is 0.717. The van der Waals surface area contributed by atoms with E-state index in [1.54, 1.807) is 7.11 Å². The first-order valence-electron chi connectivity index (χ1n) is 2.65. The molecule has 8 heavy (non-hydrogen) atoms. The zero-order valence-corrected chi connectivity index (χ0v) is 4.91. The highest BCUT2D eigenvalue weighted by Gasteiger charge is 2.36. The fourth-order valence-electron chi connectivity index (χ4n) is 0.697. The molecule has 1 rings (SSSR count). The van der Waals surface area contributed by atoms with Crippen LogP contribution in [0.25, 0.3) is 0 Å². The van der Waals surface area contributed by atoms with Gasteiger partial charge in [-0.25, -0.2) is 4.39 Å². The Morgan fingerprint density at radius 2 is 2.38 bits per heavy atom. The van der Waals surface area contributed by atoms with Crippen LogP contribution in [0.2, 0.25) is 0 Å². The second-order valence-electron chi connectivity index (χ2n) is 2.12. The maximum atomic E-state index is 11.9. The van der Waals surface area contributed by atoms with Crippen molar-refractivity contribution >= 4 is 0 Å². The van der Waals surface area contributed by atoms with Crippen molar-refractivity contribution < 1.29 is 9.13 Å². The van der Waals surface area contributed by atoms with E-state index >= 15 is 0 Å². The largest absolute Gasteiger partial charge is 0.373 e. The van der Waals surface area contributed by atoms with Crippen molar-refractivity contribution in [2.45, 2.75) is 5.60 Å². The van der Waals surface area contributed by atoms with Crippen LogP contribution in [0.15, 0.2) is 0 Å². The summed E-state index contributed by atoms with van der Waals surface area (Å²) in [5, 5.41) is 2.94. The summed E-state index contributed by atoms with van der Waals surface area (Å²) in [7, 11) is 1.54. The highest BCUT2D eigenvalue weighted by atomic mass is 19.1. The second-order valence-corrected chi connectivity index (χ2v) is 2.12. The number of alkyl halides is 1. The Bertz CT molecular complexity index is 69.0. The van der Waals surface area contributed by atoms with Gasteiger partial charge in [0.25, 0.3) is 0 Å². The zero-order chi connectivity index (χ0) is 6.04. The van der Waals surface area contributed by atoms with E-state index in [0.29, 0.717) is 13.1 Å². The number of hydrogen-bond acceptors (Lipinski definition) is 2. The van der Waals surface area contributed by atoms with Gasteiger partial charge in [-0.3, -0.25) is 0 Å². The van der Waals surface area contributed by atoms with Gasteiger partial charge in [0.2, 0.25) is 0 Å². The minimum atomic E-state index is -0.472. The SMILES string of the molecule is COC1(CF)CNC1. The number of nitrogens with one attached hydrogen (secondary N) is 1. The molecular formula is C5H10FNO. The molecule has 0 amide bonds. The fraction of sp³-hybridized carbons (Fsp3) is 1.00. The first kappa shape index (κ1) is 5.98. The lowest BCUT2D eigenvalue weighted by Crippen LogP contribution is -2.62. The lowest BCUT2D eigenvalue weighted by Gasteiger charge is -2.38. The van der Waals surface area contributed by atoms with Gasteiger partial charge in [0, 0.05) is 20.2 Å². The van der Waals surface area contributed by atoms with Crippen molar-refractivity contribution in [1.29, 1.82) is 0 Å². The number of hydrogen-bond donors (Lipinski definition) is 1. The standard InChI is InChI=1S/C5H10FNO/c1-8-5(2-6)3-7-4-5/h7H,2-4H2,1H3. The van der Waals surface area contributed by atoms with Crippen LogP contribution in [0.1, 0.15) is 0 Å². The molecule has 0 aromatic heterocycles. The predicted octanol–water partition coefficient (Wildman–Crippen LogP) is -0.0557. The lowest BCUT2D eigenvalue weighted by molar-refractivity contribution is -0.0664. The first-order valence-corrected chi connectivity index (χ1v) is 2.65. The van der Waals surface area contributed by atoms with E-state index in [2.05, 4.69) is 5.32 Å². The molecule has 1 aliphatic rings. The molecule has 1 aliphatic heterocycles. The lowest BCUT2D eigenvalue weighted by atomic mass is 9.99. The predicted molar refractivity (Wildman–Crippen MR) is 28.6 cm³/mol. The topological polar surface area (TPSA) is 21.3 Å². The smallest absolute Gasteiger partial charge is 0.121 e. The Morgan fingerprint density at radius 3 is 2.38 bits per heavy atom. The summed E-state index contributed by atoms with van der Waals surface area (Å²) < 4.78 is 16.8. The van der Waals surface area contributed by atoms with Crippen LogP contribution in [-0.4, -0.2) is 32.5 Å². The maximum Gasteiger partial charge on any atom is 0.121 e. The van der Waals surface area contributed by atoms with E-state index in [1.807, 2.05) is 0 Å². The molecule has 0 aromatic rings. The van der Waals surface area contributed by atoms with Crippen molar-refractivity contribution in [2.24, 2.45) is 0 Å². The Hall–Kier alpha value is -0.150. The molecule has 1 saturated heterocycles. The highest BCUT2D eigenvalue weighted by molar-refractivity contribution is 4.93. The van der Waals surface area contributed by atoms with Crippen molar-refractivity contribution in [3.05, 3.63) is 0 Å². The number of methoxy groups -OCH3 is 1. The van der Waals surface area contributed by atoms with Crippen molar-refractivity contribution in [1.82, 2.24) is 5.32 Å². The minimum absolute atomic E-state index is 0.378. The Kier molecular flexibility index (Phi) is 1.49. The van der Waals surface area contributed by atoms with E-state index in [4.69, 9.17) is 4.74 Å². The van der Waals surface area contributed by atoms with Crippen molar-refractivity contribution in [3.63, 3.8) is 0 Å². The van der Waals surface area contributed by atoms with E-state index < -0.39 is 5.60 Å². The monoisotopic (exact) mass is 119 g/mol. The van der Waals surface area contributed by atoms with Crippen molar-refractivity contribution in [3.8, 4) is 0 Å². The molecule has 0 bridgehead atoms. The Balaban J connectivity index is 2.33. The van der Waals surface area contributed by atoms with Gasteiger partial charge in [-0.05, 0) is 0 Å². The molecule has 1 heterocycles. The highest BCUT2D eigenvalue weighted by Crippen LogP contribution is 2.14. The van der Waals surface area contributed by atoms with Crippen LogP contribution < -0.4 is 5.32 Å². The average molecular weight is 119 g/mol. The van der Waals surface area contributed by atoms with Gasteiger partial charge in [0.15, 0.2) is 0 Å². The summed E-state index contributed by atoms with van der Waals surface area (Å²) in [6.07, 6.45) is 0. The van der Waals surface area contributed by atoms with E-state index in [1.165, 1.54) is 0 Å². The summed E-state index contributed by atoms with van der Waals surface area (Å²) in [5.41, 5.74) is -0.472. The van der Waals surface area contributed by atoms with Crippen LogP contribution in [0.5, 0.6) is 0 Å². The van der Waals surface area contributed by atoms with E-state index in [9.17, 15) is 4.39 Å². The van der Waals surface area contributed by atoms with Gasteiger partial charge in [0.05, 0.1) is 0 Å². The molecule has 0 unspecified atom stereocenters. The minimum Gasteiger partial charge on any atom is -0.373 e. The molecule has 2 nitrogen and oxygen atoms in total. The van der Waals surface area contributed by atoms with E-state index in [0.717, 1.165) is 0 Å². The summed E-state index contributed by atoms with van der Waals surface area (Å²) in [6.45, 7) is 0.927. The van der Waals surface area contributed by atoms with Gasteiger partial charge in [0.1, 0.15) is 12.3 Å². The van der Waals surface area contributed by atoms with Gasteiger partial charge in [-0.15, -0.1) is 0 Å². The molecule has 48 valence electrons. The third-order valence-corrected chi connectivity index (χ3v) is 1.57. The van der Waals surface area contributed by atoms with Gasteiger partial charge in [-0.1, -0.05) is 0 Å². The molecule has 0 aliphatic carbocycles. The van der Waals surface area contributed by atoms with Gasteiger partial charge < -0.3 is 10.1 Å². The molecule has 3 heteroatoms. The van der Waals surface area contributed by atoms with Crippen LogP contribution in [-0.2, 0) is 4.74 Å². The van der Waals surface area contributed by atoms with Crippen LogP contribution in [0, 0.1) is 0 Å². The molecule has 1 fully saturated rings. The fourth-order valence-corrected chi connectivity index (χ4v) is 0.697. The number of ether oxygens (including phenoxy) is 1. The van der Waals surface area contributed by atoms with Crippen LogP contribution in [0.3, 0.4) is 0 Å². The molecule has 0 radical (unpaired) electrons. The van der Waals surface area contributed by atoms with Crippen LogP contribution in [0.4, 0.5) is 4.39 Å². The molecule has 0 atom stereocenters.